The Bertz CT molecular complexity index is 383. The van der Waals surface area contributed by atoms with Crippen LogP contribution in [0.3, 0.4) is 0 Å². The van der Waals surface area contributed by atoms with E-state index in [9.17, 15) is 0 Å². The second kappa shape index (κ2) is 4.45. The van der Waals surface area contributed by atoms with Crippen molar-refractivity contribution in [2.75, 3.05) is 0 Å². The Morgan fingerprint density at radius 1 is 1.47 bits per heavy atom. The van der Waals surface area contributed by atoms with Crippen molar-refractivity contribution in [3.8, 4) is 0 Å². The van der Waals surface area contributed by atoms with Crippen LogP contribution >= 0.6 is 0 Å². The van der Waals surface area contributed by atoms with E-state index in [-0.39, 0.29) is 5.41 Å². The van der Waals surface area contributed by atoms with Crippen molar-refractivity contribution in [1.29, 1.82) is 0 Å². The van der Waals surface area contributed by atoms with E-state index in [4.69, 9.17) is 0 Å². The van der Waals surface area contributed by atoms with Crippen LogP contribution in [0, 0.1) is 5.92 Å². The summed E-state index contributed by atoms with van der Waals surface area (Å²) in [6.07, 6.45) is 4.94. The summed E-state index contributed by atoms with van der Waals surface area (Å²) in [6.45, 7) is 9.92. The fraction of sp³-hybridized carbons (Fsp3) is 0.786. The third-order valence-electron chi connectivity index (χ3n) is 3.56. The van der Waals surface area contributed by atoms with Crippen LogP contribution < -0.4 is 5.32 Å². The largest absolute Gasteiger partial charge is 0.310 e. The van der Waals surface area contributed by atoms with E-state index in [2.05, 4.69) is 44.3 Å². The maximum atomic E-state index is 4.60. The Hall–Kier alpha value is -0.830. The predicted molar refractivity (Wildman–Crippen MR) is 70.9 cm³/mol. The fourth-order valence-electron chi connectivity index (χ4n) is 2.33. The van der Waals surface area contributed by atoms with Gasteiger partial charge in [-0.3, -0.25) is 4.68 Å². The van der Waals surface area contributed by atoms with Crippen LogP contribution in [0.2, 0.25) is 0 Å². The molecule has 3 heteroatoms. The highest BCUT2D eigenvalue weighted by Crippen LogP contribution is 2.32. The number of aryl methyl sites for hydroxylation is 1. The molecule has 1 N–H and O–H groups in total. The van der Waals surface area contributed by atoms with Gasteiger partial charge in [0.2, 0.25) is 0 Å². The molecular weight excluding hydrogens is 210 g/mol. The van der Waals surface area contributed by atoms with Gasteiger partial charge < -0.3 is 5.32 Å². The topological polar surface area (TPSA) is 29.9 Å². The van der Waals surface area contributed by atoms with Crippen LogP contribution in [-0.2, 0) is 19.0 Å². The normalized spacial score (nSPS) is 18.4. The molecular formula is C14H25N3. The second-order valence-electron chi connectivity index (χ2n) is 6.43. The Balaban J connectivity index is 2.04. The molecule has 96 valence electrons. The summed E-state index contributed by atoms with van der Waals surface area (Å²) >= 11 is 0. The van der Waals surface area contributed by atoms with Crippen LogP contribution in [-0.4, -0.2) is 15.8 Å². The molecule has 1 aromatic rings. The number of nitrogens with one attached hydrogen (secondary N) is 1. The minimum Gasteiger partial charge on any atom is -0.310 e. The van der Waals surface area contributed by atoms with Gasteiger partial charge in [0.05, 0.1) is 5.69 Å². The van der Waals surface area contributed by atoms with Crippen LogP contribution in [0.4, 0.5) is 0 Å². The molecule has 1 atom stereocenters. The Morgan fingerprint density at radius 3 is 2.65 bits per heavy atom. The minimum atomic E-state index is 0.126. The summed E-state index contributed by atoms with van der Waals surface area (Å²) < 4.78 is 1.93. The number of nitrogens with zero attached hydrogens (tertiary/aromatic N) is 2. The third-order valence-corrected chi connectivity index (χ3v) is 3.56. The maximum absolute atomic E-state index is 4.60. The molecule has 0 spiro atoms. The van der Waals surface area contributed by atoms with Crippen molar-refractivity contribution in [3.63, 3.8) is 0 Å². The van der Waals surface area contributed by atoms with Gasteiger partial charge in [-0.15, -0.1) is 0 Å². The molecule has 1 aliphatic rings. The van der Waals surface area contributed by atoms with E-state index in [0.29, 0.717) is 6.04 Å². The van der Waals surface area contributed by atoms with Gasteiger partial charge in [0.15, 0.2) is 0 Å². The zero-order chi connectivity index (χ0) is 12.6. The summed E-state index contributed by atoms with van der Waals surface area (Å²) in [5.41, 5.74) is 2.68. The number of rotatable bonds is 4. The van der Waals surface area contributed by atoms with Gasteiger partial charge in [-0.25, -0.2) is 0 Å². The van der Waals surface area contributed by atoms with Crippen molar-refractivity contribution < 1.29 is 0 Å². The Kier molecular flexibility index (Phi) is 3.30. The smallest absolute Gasteiger partial charge is 0.0722 e. The summed E-state index contributed by atoms with van der Waals surface area (Å²) in [7, 11) is 2.00. The highest BCUT2D eigenvalue weighted by Gasteiger charge is 2.28. The van der Waals surface area contributed by atoms with Crippen molar-refractivity contribution in [3.05, 3.63) is 17.5 Å². The Labute approximate surface area is 105 Å². The van der Waals surface area contributed by atoms with Gasteiger partial charge in [-0.1, -0.05) is 20.8 Å². The van der Waals surface area contributed by atoms with Gasteiger partial charge in [-0.05, 0) is 25.7 Å². The third kappa shape index (κ3) is 3.09. The van der Waals surface area contributed by atoms with Crippen LogP contribution in [0.25, 0.3) is 0 Å². The average Bonchev–Trinajstić information content (AvgIpc) is 2.97. The monoisotopic (exact) mass is 235 g/mol. The molecule has 1 fully saturated rings. The summed E-state index contributed by atoms with van der Waals surface area (Å²) in [6, 6.07) is 0.642. The highest BCUT2D eigenvalue weighted by molar-refractivity contribution is 5.24. The molecule has 1 aliphatic carbocycles. The predicted octanol–water partition coefficient (Wildman–Crippen LogP) is 2.61. The van der Waals surface area contributed by atoms with E-state index in [1.807, 2.05) is 11.7 Å². The van der Waals surface area contributed by atoms with Gasteiger partial charge in [0.25, 0.3) is 0 Å². The molecule has 0 saturated heterocycles. The number of hydrogen-bond donors (Lipinski definition) is 1. The summed E-state index contributed by atoms with van der Waals surface area (Å²) in [5, 5.41) is 8.23. The summed E-state index contributed by atoms with van der Waals surface area (Å²) in [4.78, 5) is 0. The van der Waals surface area contributed by atoms with Crippen LogP contribution in [0.5, 0.6) is 0 Å². The van der Waals surface area contributed by atoms with Gasteiger partial charge in [-0.2, -0.15) is 5.10 Å². The first kappa shape index (κ1) is 12.6. The van der Waals surface area contributed by atoms with E-state index in [0.717, 1.165) is 12.5 Å². The zero-order valence-electron chi connectivity index (χ0n) is 11.7. The van der Waals surface area contributed by atoms with Crippen molar-refractivity contribution in [2.24, 2.45) is 13.0 Å². The van der Waals surface area contributed by atoms with Gasteiger partial charge in [0, 0.05) is 36.8 Å². The van der Waals surface area contributed by atoms with Crippen LogP contribution in [0.15, 0.2) is 6.20 Å². The van der Waals surface area contributed by atoms with Crippen molar-refractivity contribution in [2.45, 2.75) is 58.5 Å². The van der Waals surface area contributed by atoms with E-state index >= 15 is 0 Å². The standard InChI is InChI=1S/C14H25N3/c1-10(11-6-7-11)15-8-12-9-17(5)16-13(12)14(2,3)4/h9-11,15H,6-8H2,1-5H3. The molecule has 0 aromatic carbocycles. The molecule has 0 radical (unpaired) electrons. The fourth-order valence-corrected chi connectivity index (χ4v) is 2.33. The molecule has 1 aromatic heterocycles. The van der Waals surface area contributed by atoms with Crippen LogP contribution in [0.1, 0.15) is 51.8 Å². The molecule has 1 saturated carbocycles. The molecule has 17 heavy (non-hydrogen) atoms. The number of aromatic nitrogens is 2. The van der Waals surface area contributed by atoms with E-state index in [1.54, 1.807) is 0 Å². The van der Waals surface area contributed by atoms with E-state index in [1.165, 1.54) is 24.1 Å². The SMILES string of the molecule is CC(NCc1cn(C)nc1C(C)(C)C)C1CC1. The Morgan fingerprint density at radius 2 is 2.12 bits per heavy atom. The molecule has 0 amide bonds. The van der Waals surface area contributed by atoms with Crippen molar-refractivity contribution >= 4 is 0 Å². The average molecular weight is 235 g/mol. The minimum absolute atomic E-state index is 0.126. The molecule has 2 rings (SSSR count). The first-order valence-electron chi connectivity index (χ1n) is 6.64. The maximum Gasteiger partial charge on any atom is 0.0722 e. The van der Waals surface area contributed by atoms with E-state index < -0.39 is 0 Å². The first-order valence-corrected chi connectivity index (χ1v) is 6.64. The van der Waals surface area contributed by atoms with Gasteiger partial charge in [0.1, 0.15) is 0 Å². The molecule has 3 nitrogen and oxygen atoms in total. The lowest BCUT2D eigenvalue weighted by Gasteiger charge is -2.19. The van der Waals surface area contributed by atoms with Gasteiger partial charge >= 0.3 is 0 Å². The molecule has 1 heterocycles. The molecule has 0 bridgehead atoms. The first-order chi connectivity index (χ1) is 7.88. The summed E-state index contributed by atoms with van der Waals surface area (Å²) in [5.74, 6) is 0.907. The second-order valence-corrected chi connectivity index (χ2v) is 6.43. The lowest BCUT2D eigenvalue weighted by molar-refractivity contribution is 0.487. The zero-order valence-corrected chi connectivity index (χ0v) is 11.7. The molecule has 1 unspecified atom stereocenters. The number of hydrogen-bond acceptors (Lipinski definition) is 2. The lowest BCUT2D eigenvalue weighted by Crippen LogP contribution is -2.28. The quantitative estimate of drug-likeness (QED) is 0.869. The lowest BCUT2D eigenvalue weighted by atomic mass is 9.89. The molecule has 0 aliphatic heterocycles. The highest BCUT2D eigenvalue weighted by atomic mass is 15.3. The van der Waals surface area contributed by atoms with Crippen molar-refractivity contribution in [1.82, 2.24) is 15.1 Å².